The van der Waals surface area contributed by atoms with Crippen molar-refractivity contribution in [1.29, 1.82) is 0 Å². The van der Waals surface area contributed by atoms with Gasteiger partial charge >= 0.3 is 0 Å². The lowest BCUT2D eigenvalue weighted by Gasteiger charge is -2.02. The standard InChI is InChI=1S/C14H20N2/c1-12(3-2-8-16-14-4-5-14)11-13-6-9-15-10-7-13/h3,6-7,9-10,14,16H,2,4-5,8,11H2,1H3. The summed E-state index contributed by atoms with van der Waals surface area (Å²) in [6.07, 6.45) is 11.0. The van der Waals surface area contributed by atoms with Gasteiger partial charge in [-0.3, -0.25) is 4.98 Å². The molecule has 1 aromatic heterocycles. The molecule has 0 aromatic carbocycles. The van der Waals surface area contributed by atoms with E-state index in [1.165, 1.54) is 24.0 Å². The smallest absolute Gasteiger partial charge is 0.0270 e. The Balaban J connectivity index is 1.69. The van der Waals surface area contributed by atoms with Gasteiger partial charge in [0.2, 0.25) is 0 Å². The van der Waals surface area contributed by atoms with Gasteiger partial charge in [-0.1, -0.05) is 11.6 Å². The first-order valence-corrected chi connectivity index (χ1v) is 6.12. The van der Waals surface area contributed by atoms with Crippen LogP contribution in [0.15, 0.2) is 36.2 Å². The van der Waals surface area contributed by atoms with Gasteiger partial charge in [0.15, 0.2) is 0 Å². The molecule has 1 aromatic rings. The number of allylic oxidation sites excluding steroid dienone is 1. The van der Waals surface area contributed by atoms with E-state index in [0.29, 0.717) is 0 Å². The van der Waals surface area contributed by atoms with E-state index in [9.17, 15) is 0 Å². The molecular formula is C14H20N2. The molecule has 0 radical (unpaired) electrons. The first-order valence-electron chi connectivity index (χ1n) is 6.12. The number of hydrogen-bond acceptors (Lipinski definition) is 2. The molecule has 0 atom stereocenters. The highest BCUT2D eigenvalue weighted by molar-refractivity contribution is 5.18. The molecule has 86 valence electrons. The number of pyridine rings is 1. The molecule has 1 saturated carbocycles. The summed E-state index contributed by atoms with van der Waals surface area (Å²) in [5.74, 6) is 0. The van der Waals surface area contributed by atoms with Crippen molar-refractivity contribution in [2.24, 2.45) is 0 Å². The second-order valence-corrected chi connectivity index (χ2v) is 4.60. The maximum absolute atomic E-state index is 4.02. The molecule has 1 aliphatic rings. The summed E-state index contributed by atoms with van der Waals surface area (Å²) in [6.45, 7) is 3.33. The Bertz CT molecular complexity index is 339. The van der Waals surface area contributed by atoms with Gasteiger partial charge in [-0.2, -0.15) is 0 Å². The molecule has 2 nitrogen and oxygen atoms in total. The average Bonchev–Trinajstić information content (AvgIpc) is 3.10. The molecule has 0 spiro atoms. The van der Waals surface area contributed by atoms with E-state index < -0.39 is 0 Å². The Kier molecular flexibility index (Phi) is 4.11. The Morgan fingerprint density at radius 2 is 2.19 bits per heavy atom. The van der Waals surface area contributed by atoms with E-state index in [-0.39, 0.29) is 0 Å². The molecular weight excluding hydrogens is 196 g/mol. The third kappa shape index (κ3) is 4.15. The third-order valence-corrected chi connectivity index (χ3v) is 2.88. The molecule has 1 fully saturated rings. The van der Waals surface area contributed by atoms with Crippen molar-refractivity contribution in [2.75, 3.05) is 6.54 Å². The SMILES string of the molecule is CC(=CCCNC1CC1)Cc1ccncc1. The summed E-state index contributed by atoms with van der Waals surface area (Å²) in [5, 5.41) is 3.52. The van der Waals surface area contributed by atoms with Gasteiger partial charge in [0.25, 0.3) is 0 Å². The lowest BCUT2D eigenvalue weighted by atomic mass is 10.1. The molecule has 1 N–H and O–H groups in total. The lowest BCUT2D eigenvalue weighted by Crippen LogP contribution is -2.16. The first kappa shape index (κ1) is 11.3. The maximum atomic E-state index is 4.02. The van der Waals surface area contributed by atoms with Gasteiger partial charge in [0, 0.05) is 18.4 Å². The monoisotopic (exact) mass is 216 g/mol. The number of rotatable bonds is 6. The summed E-state index contributed by atoms with van der Waals surface area (Å²) in [7, 11) is 0. The molecule has 1 heterocycles. The number of nitrogens with one attached hydrogen (secondary N) is 1. The van der Waals surface area contributed by atoms with Crippen molar-refractivity contribution in [3.05, 3.63) is 41.7 Å². The quantitative estimate of drug-likeness (QED) is 0.584. The van der Waals surface area contributed by atoms with Crippen molar-refractivity contribution in [1.82, 2.24) is 10.3 Å². The van der Waals surface area contributed by atoms with E-state index >= 15 is 0 Å². The van der Waals surface area contributed by atoms with Crippen molar-refractivity contribution >= 4 is 0 Å². The van der Waals surface area contributed by atoms with E-state index in [4.69, 9.17) is 0 Å². The first-order chi connectivity index (χ1) is 7.84. The van der Waals surface area contributed by atoms with Crippen LogP contribution in [0, 0.1) is 0 Å². The molecule has 0 aliphatic heterocycles. The van der Waals surface area contributed by atoms with Crippen LogP contribution in [0.3, 0.4) is 0 Å². The van der Waals surface area contributed by atoms with Gasteiger partial charge in [0.1, 0.15) is 0 Å². The largest absolute Gasteiger partial charge is 0.314 e. The minimum Gasteiger partial charge on any atom is -0.314 e. The predicted molar refractivity (Wildman–Crippen MR) is 67.3 cm³/mol. The van der Waals surface area contributed by atoms with Crippen LogP contribution in [0.1, 0.15) is 31.7 Å². The molecule has 0 bridgehead atoms. The van der Waals surface area contributed by atoms with Crippen molar-refractivity contribution in [2.45, 2.75) is 38.6 Å². The van der Waals surface area contributed by atoms with Gasteiger partial charge in [-0.05, 0) is 56.8 Å². The highest BCUT2D eigenvalue weighted by Crippen LogP contribution is 2.18. The fourth-order valence-corrected chi connectivity index (χ4v) is 1.79. The summed E-state index contributed by atoms with van der Waals surface area (Å²) >= 11 is 0. The average molecular weight is 216 g/mol. The minimum absolute atomic E-state index is 0.828. The van der Waals surface area contributed by atoms with Crippen LogP contribution >= 0.6 is 0 Å². The zero-order chi connectivity index (χ0) is 11.2. The lowest BCUT2D eigenvalue weighted by molar-refractivity contribution is 0.688. The van der Waals surface area contributed by atoms with Crippen molar-refractivity contribution in [3.8, 4) is 0 Å². The van der Waals surface area contributed by atoms with Crippen molar-refractivity contribution < 1.29 is 0 Å². The van der Waals surface area contributed by atoms with Crippen LogP contribution in [0.25, 0.3) is 0 Å². The van der Waals surface area contributed by atoms with E-state index in [0.717, 1.165) is 25.4 Å². The highest BCUT2D eigenvalue weighted by atomic mass is 14.9. The predicted octanol–water partition coefficient (Wildman–Crippen LogP) is 2.71. The summed E-state index contributed by atoms with van der Waals surface area (Å²) in [4.78, 5) is 4.02. The summed E-state index contributed by atoms with van der Waals surface area (Å²) in [6, 6.07) is 4.99. The maximum Gasteiger partial charge on any atom is 0.0270 e. The second kappa shape index (κ2) is 5.80. The molecule has 0 saturated heterocycles. The van der Waals surface area contributed by atoms with Crippen LogP contribution in [-0.4, -0.2) is 17.6 Å². The molecule has 0 unspecified atom stereocenters. The third-order valence-electron chi connectivity index (χ3n) is 2.88. The van der Waals surface area contributed by atoms with Gasteiger partial charge < -0.3 is 5.32 Å². The van der Waals surface area contributed by atoms with Gasteiger partial charge in [-0.15, -0.1) is 0 Å². The number of nitrogens with zero attached hydrogens (tertiary/aromatic N) is 1. The molecule has 1 aliphatic carbocycles. The van der Waals surface area contributed by atoms with Gasteiger partial charge in [0.05, 0.1) is 0 Å². The number of aromatic nitrogens is 1. The van der Waals surface area contributed by atoms with Crippen LogP contribution in [0.4, 0.5) is 0 Å². The minimum atomic E-state index is 0.828. The topological polar surface area (TPSA) is 24.9 Å². The van der Waals surface area contributed by atoms with Crippen LogP contribution in [-0.2, 0) is 6.42 Å². The summed E-state index contributed by atoms with van der Waals surface area (Å²) in [5.41, 5.74) is 2.79. The van der Waals surface area contributed by atoms with Crippen molar-refractivity contribution in [3.63, 3.8) is 0 Å². The zero-order valence-electron chi connectivity index (χ0n) is 9.95. The van der Waals surface area contributed by atoms with E-state index in [1.54, 1.807) is 0 Å². The Labute approximate surface area is 97.8 Å². The normalized spacial score (nSPS) is 16.4. The fraction of sp³-hybridized carbons (Fsp3) is 0.500. The van der Waals surface area contributed by atoms with Crippen LogP contribution in [0.5, 0.6) is 0 Å². The second-order valence-electron chi connectivity index (χ2n) is 4.60. The molecule has 0 amide bonds. The molecule has 2 rings (SSSR count). The van der Waals surface area contributed by atoms with Gasteiger partial charge in [-0.25, -0.2) is 0 Å². The van der Waals surface area contributed by atoms with E-state index in [1.807, 2.05) is 12.4 Å². The number of hydrogen-bond donors (Lipinski definition) is 1. The highest BCUT2D eigenvalue weighted by Gasteiger charge is 2.19. The Hall–Kier alpha value is -1.15. The van der Waals surface area contributed by atoms with Crippen LogP contribution < -0.4 is 5.32 Å². The van der Waals surface area contributed by atoms with E-state index in [2.05, 4.69) is 35.4 Å². The molecule has 16 heavy (non-hydrogen) atoms. The molecule has 2 heteroatoms. The zero-order valence-corrected chi connectivity index (χ0v) is 9.95. The Morgan fingerprint density at radius 3 is 2.88 bits per heavy atom. The summed E-state index contributed by atoms with van der Waals surface area (Å²) < 4.78 is 0. The fourth-order valence-electron chi connectivity index (χ4n) is 1.79. The van der Waals surface area contributed by atoms with Crippen LogP contribution in [0.2, 0.25) is 0 Å². The Morgan fingerprint density at radius 1 is 1.44 bits per heavy atom.